The molecule has 0 aliphatic heterocycles. The van der Waals surface area contributed by atoms with E-state index in [1.54, 1.807) is 72.1 Å². The second kappa shape index (κ2) is 10.1. The predicted octanol–water partition coefficient (Wildman–Crippen LogP) is 4.87. The molecule has 2 heterocycles. The molecule has 5 rings (SSSR count). The van der Waals surface area contributed by atoms with Crippen LogP contribution >= 0.6 is 23.1 Å². The lowest BCUT2D eigenvalue weighted by Gasteiger charge is -2.09. The van der Waals surface area contributed by atoms with Gasteiger partial charge >= 0.3 is 0 Å². The lowest BCUT2D eigenvalue weighted by atomic mass is 10.2. The van der Waals surface area contributed by atoms with Crippen LogP contribution in [0, 0.1) is 6.92 Å². The second-order valence-corrected chi connectivity index (χ2v) is 12.2. The van der Waals surface area contributed by atoms with Crippen LogP contribution in [0.15, 0.2) is 86.8 Å². The molecule has 0 unspecified atom stereocenters. The number of rotatable bonds is 7. The normalized spacial score (nSPS) is 11.6. The van der Waals surface area contributed by atoms with Gasteiger partial charge in [0.2, 0.25) is 0 Å². The number of nitrogens with zero attached hydrogens (tertiary/aromatic N) is 3. The SMILES string of the molecule is CSc1nc2ccc(NC(=O)c3ccc(S(=O)(=O)Nc4c(C)n(C)n(-c5ccccc5)c4=O)cc3)cc2s1. The summed E-state index contributed by atoms with van der Waals surface area (Å²) < 4.78 is 33.5. The first-order valence-electron chi connectivity index (χ1n) is 11.4. The minimum atomic E-state index is -4.09. The van der Waals surface area contributed by atoms with Crippen molar-refractivity contribution in [2.24, 2.45) is 7.05 Å². The molecule has 0 saturated carbocycles. The van der Waals surface area contributed by atoms with E-state index in [1.165, 1.54) is 28.9 Å². The molecule has 0 fully saturated rings. The van der Waals surface area contributed by atoms with Crippen LogP contribution in [0.3, 0.4) is 0 Å². The molecule has 0 saturated heterocycles. The summed E-state index contributed by atoms with van der Waals surface area (Å²) >= 11 is 3.11. The molecule has 38 heavy (non-hydrogen) atoms. The van der Waals surface area contributed by atoms with E-state index in [1.807, 2.05) is 24.5 Å². The third-order valence-corrected chi connectivity index (χ3v) is 9.39. The van der Waals surface area contributed by atoms with Crippen molar-refractivity contribution < 1.29 is 13.2 Å². The Kier molecular flexibility index (Phi) is 6.86. The summed E-state index contributed by atoms with van der Waals surface area (Å²) in [5.74, 6) is -0.375. The number of carbonyl (C=O) groups is 1. The van der Waals surface area contributed by atoms with E-state index < -0.39 is 15.6 Å². The van der Waals surface area contributed by atoms with Gasteiger partial charge in [0.05, 0.1) is 26.5 Å². The van der Waals surface area contributed by atoms with Gasteiger partial charge in [-0.3, -0.25) is 19.0 Å². The average molecular weight is 566 g/mol. The van der Waals surface area contributed by atoms with E-state index >= 15 is 0 Å². The Labute approximate surface area is 227 Å². The van der Waals surface area contributed by atoms with Gasteiger partial charge in [-0.25, -0.2) is 18.1 Å². The Morgan fingerprint density at radius 2 is 1.74 bits per heavy atom. The number of aromatic nitrogens is 3. The Morgan fingerprint density at radius 3 is 2.42 bits per heavy atom. The van der Waals surface area contributed by atoms with E-state index in [0.717, 1.165) is 14.6 Å². The molecule has 5 aromatic rings. The van der Waals surface area contributed by atoms with Crippen molar-refractivity contribution in [3.63, 3.8) is 0 Å². The zero-order valence-electron chi connectivity index (χ0n) is 20.6. The quantitative estimate of drug-likeness (QED) is 0.272. The number of anilines is 2. The fraction of sp³-hybridized carbons (Fsp3) is 0.115. The highest BCUT2D eigenvalue weighted by Crippen LogP contribution is 2.30. The van der Waals surface area contributed by atoms with E-state index in [2.05, 4.69) is 15.0 Å². The van der Waals surface area contributed by atoms with Crippen LogP contribution in [0.5, 0.6) is 0 Å². The van der Waals surface area contributed by atoms with Crippen LogP contribution < -0.4 is 15.6 Å². The van der Waals surface area contributed by atoms with Gasteiger partial charge < -0.3 is 5.32 Å². The van der Waals surface area contributed by atoms with Crippen molar-refractivity contribution in [3.05, 3.63) is 94.4 Å². The van der Waals surface area contributed by atoms with E-state index in [4.69, 9.17) is 0 Å². The van der Waals surface area contributed by atoms with Gasteiger partial charge in [-0.2, -0.15) is 0 Å². The molecule has 0 aliphatic rings. The van der Waals surface area contributed by atoms with Crippen LogP contribution in [-0.2, 0) is 17.1 Å². The van der Waals surface area contributed by atoms with Gasteiger partial charge in [0.1, 0.15) is 5.69 Å². The number of para-hydroxylation sites is 1. The number of nitrogens with one attached hydrogen (secondary N) is 2. The molecular weight excluding hydrogens is 543 g/mol. The van der Waals surface area contributed by atoms with E-state index in [9.17, 15) is 18.0 Å². The fourth-order valence-electron chi connectivity index (χ4n) is 3.94. The van der Waals surface area contributed by atoms with Gasteiger partial charge in [0.25, 0.3) is 21.5 Å². The first-order chi connectivity index (χ1) is 18.2. The number of benzene rings is 3. The molecule has 0 atom stereocenters. The number of thioether (sulfide) groups is 1. The largest absolute Gasteiger partial charge is 0.322 e. The topological polar surface area (TPSA) is 115 Å². The van der Waals surface area contributed by atoms with Crippen LogP contribution in [-0.4, -0.2) is 34.9 Å². The molecule has 0 spiro atoms. The maximum Gasteiger partial charge on any atom is 0.296 e. The van der Waals surface area contributed by atoms with Crippen molar-refractivity contribution in [2.75, 3.05) is 16.3 Å². The molecule has 0 aliphatic carbocycles. The fourth-order valence-corrected chi connectivity index (χ4v) is 6.58. The third-order valence-electron chi connectivity index (χ3n) is 6.02. The van der Waals surface area contributed by atoms with Crippen molar-refractivity contribution in [2.45, 2.75) is 16.2 Å². The number of carbonyl (C=O) groups excluding carboxylic acids is 1. The molecule has 2 N–H and O–H groups in total. The molecule has 3 aromatic carbocycles. The summed E-state index contributed by atoms with van der Waals surface area (Å²) in [6.07, 6.45) is 1.96. The smallest absolute Gasteiger partial charge is 0.296 e. The monoisotopic (exact) mass is 565 g/mol. The molecule has 194 valence electrons. The van der Waals surface area contributed by atoms with Crippen LogP contribution in [0.4, 0.5) is 11.4 Å². The Balaban J connectivity index is 1.35. The minimum Gasteiger partial charge on any atom is -0.322 e. The molecule has 1 amide bonds. The zero-order valence-corrected chi connectivity index (χ0v) is 23.1. The maximum atomic E-state index is 13.1. The van der Waals surface area contributed by atoms with Crippen LogP contribution in [0.25, 0.3) is 15.9 Å². The van der Waals surface area contributed by atoms with E-state index in [-0.39, 0.29) is 16.5 Å². The molecule has 0 radical (unpaired) electrons. The maximum absolute atomic E-state index is 13.1. The van der Waals surface area contributed by atoms with E-state index in [0.29, 0.717) is 22.6 Å². The predicted molar refractivity (Wildman–Crippen MR) is 152 cm³/mol. The van der Waals surface area contributed by atoms with Gasteiger partial charge in [0, 0.05) is 18.3 Å². The molecule has 9 nitrogen and oxygen atoms in total. The number of amides is 1. The summed E-state index contributed by atoms with van der Waals surface area (Å²) in [4.78, 5) is 30.3. The third kappa shape index (κ3) is 4.85. The second-order valence-electron chi connectivity index (χ2n) is 8.39. The van der Waals surface area contributed by atoms with Gasteiger partial charge in [-0.05, 0) is 67.8 Å². The summed E-state index contributed by atoms with van der Waals surface area (Å²) in [6, 6.07) is 20.0. The highest BCUT2D eigenvalue weighted by molar-refractivity contribution is 8.00. The summed E-state index contributed by atoms with van der Waals surface area (Å²) in [7, 11) is -2.40. The minimum absolute atomic E-state index is 0.0405. The lowest BCUT2D eigenvalue weighted by Crippen LogP contribution is -2.23. The Morgan fingerprint density at radius 1 is 1.03 bits per heavy atom. The zero-order chi connectivity index (χ0) is 27.0. The first-order valence-corrected chi connectivity index (χ1v) is 14.9. The highest BCUT2D eigenvalue weighted by Gasteiger charge is 2.23. The molecular formula is C26H23N5O4S3. The van der Waals surface area contributed by atoms with Crippen molar-refractivity contribution in [3.8, 4) is 5.69 Å². The van der Waals surface area contributed by atoms with Crippen molar-refractivity contribution in [1.29, 1.82) is 0 Å². The first kappa shape index (κ1) is 25.8. The molecule has 12 heteroatoms. The number of fused-ring (bicyclic) bond motifs is 1. The number of hydrogen-bond donors (Lipinski definition) is 2. The number of sulfonamides is 1. The van der Waals surface area contributed by atoms with Crippen molar-refractivity contribution >= 4 is 60.6 Å². The summed E-state index contributed by atoms with van der Waals surface area (Å²) in [5, 5.41) is 2.84. The van der Waals surface area contributed by atoms with Crippen LogP contribution in [0.1, 0.15) is 16.1 Å². The highest BCUT2D eigenvalue weighted by atomic mass is 32.2. The van der Waals surface area contributed by atoms with Gasteiger partial charge in [-0.15, -0.1) is 11.3 Å². The molecule has 2 aromatic heterocycles. The Bertz CT molecular complexity index is 1820. The summed E-state index contributed by atoms with van der Waals surface area (Å²) in [5.41, 5.74) is 2.32. The van der Waals surface area contributed by atoms with Gasteiger partial charge in [0.15, 0.2) is 4.34 Å². The number of hydrogen-bond acceptors (Lipinski definition) is 7. The van der Waals surface area contributed by atoms with Crippen molar-refractivity contribution in [1.82, 2.24) is 14.3 Å². The summed E-state index contributed by atoms with van der Waals surface area (Å²) in [6.45, 7) is 1.66. The average Bonchev–Trinajstić information content (AvgIpc) is 3.42. The standard InChI is InChI=1S/C26H23N5O4S3/c1-16-23(25(33)31(30(16)2)19-7-5-4-6-8-19)29-38(34,35)20-12-9-17(10-13-20)24(32)27-18-11-14-21-22(15-18)37-26(28-21)36-3/h4-15,29H,1-3H3,(H,27,32). The Hall–Kier alpha value is -3.87. The number of thiazole rings is 1. The van der Waals surface area contributed by atoms with Crippen LogP contribution in [0.2, 0.25) is 0 Å². The lowest BCUT2D eigenvalue weighted by molar-refractivity contribution is 0.102. The molecule has 0 bridgehead atoms. The van der Waals surface area contributed by atoms with Gasteiger partial charge in [-0.1, -0.05) is 30.0 Å².